The Morgan fingerprint density at radius 1 is 1.04 bits per heavy atom. The number of halogens is 1. The van der Waals surface area contributed by atoms with Crippen molar-refractivity contribution >= 4 is 27.6 Å². The van der Waals surface area contributed by atoms with Gasteiger partial charge in [0.05, 0.1) is 7.11 Å². The Morgan fingerprint density at radius 2 is 1.81 bits per heavy atom. The molecule has 1 aliphatic carbocycles. The highest BCUT2D eigenvalue weighted by atomic mass is 79.9. The molecular weight excluding hydrogens is 406 g/mol. The quantitative estimate of drug-likeness (QED) is 0.789. The molecule has 0 fully saturated rings. The van der Waals surface area contributed by atoms with Crippen molar-refractivity contribution in [3.63, 3.8) is 0 Å². The number of nitrogens with one attached hydrogen (secondary N) is 1. The third kappa shape index (κ3) is 3.44. The molecule has 2 aromatic carbocycles. The number of amides is 1. The summed E-state index contributed by atoms with van der Waals surface area (Å²) in [5, 5.41) is 2.97. The van der Waals surface area contributed by atoms with Crippen LogP contribution in [0.5, 0.6) is 5.75 Å². The molecule has 2 aromatic rings. The molecule has 27 heavy (non-hydrogen) atoms. The zero-order valence-electron chi connectivity index (χ0n) is 15.0. The summed E-state index contributed by atoms with van der Waals surface area (Å²) in [7, 11) is 1.61. The summed E-state index contributed by atoms with van der Waals surface area (Å²) in [6.45, 7) is 0. The van der Waals surface area contributed by atoms with Crippen molar-refractivity contribution in [2.75, 3.05) is 7.11 Å². The van der Waals surface area contributed by atoms with Crippen LogP contribution in [0.2, 0.25) is 0 Å². The Kier molecular flexibility index (Phi) is 4.87. The summed E-state index contributed by atoms with van der Waals surface area (Å²) < 4.78 is 6.41. The lowest BCUT2D eigenvalue weighted by Crippen LogP contribution is -2.38. The van der Waals surface area contributed by atoms with Crippen molar-refractivity contribution in [1.29, 1.82) is 0 Å². The number of methoxy groups -OCH3 is 1. The molecule has 1 amide bonds. The normalized spacial score (nSPS) is 22.3. The maximum Gasteiger partial charge on any atom is 0.225 e. The van der Waals surface area contributed by atoms with Crippen LogP contribution in [0.1, 0.15) is 42.2 Å². The molecule has 2 unspecified atom stereocenters. The van der Waals surface area contributed by atoms with Gasteiger partial charge >= 0.3 is 0 Å². The number of ketones is 1. The summed E-state index contributed by atoms with van der Waals surface area (Å²) in [5.74, 6) is 0.577. The topological polar surface area (TPSA) is 55.4 Å². The minimum absolute atomic E-state index is 0.0534. The van der Waals surface area contributed by atoms with Gasteiger partial charge < -0.3 is 10.1 Å². The van der Waals surface area contributed by atoms with E-state index in [2.05, 4.69) is 21.2 Å². The van der Waals surface area contributed by atoms with Gasteiger partial charge in [0.2, 0.25) is 5.91 Å². The second-order valence-corrected chi connectivity index (χ2v) is 7.94. The smallest absolute Gasteiger partial charge is 0.225 e. The van der Waals surface area contributed by atoms with E-state index in [1.807, 2.05) is 48.5 Å². The van der Waals surface area contributed by atoms with Gasteiger partial charge in [0.15, 0.2) is 5.78 Å². The molecule has 1 N–H and O–H groups in total. The van der Waals surface area contributed by atoms with E-state index in [1.54, 1.807) is 7.11 Å². The lowest BCUT2D eigenvalue weighted by molar-refractivity contribution is -0.122. The molecule has 0 radical (unpaired) electrons. The summed E-state index contributed by atoms with van der Waals surface area (Å²) in [6, 6.07) is 15.7. The van der Waals surface area contributed by atoms with Crippen LogP contribution in [0.25, 0.3) is 0 Å². The van der Waals surface area contributed by atoms with Gasteiger partial charge in [0.1, 0.15) is 5.75 Å². The predicted molar refractivity (Wildman–Crippen MR) is 107 cm³/mol. The molecule has 4 nitrogen and oxygen atoms in total. The lowest BCUT2D eigenvalue weighted by atomic mass is 9.73. The van der Waals surface area contributed by atoms with Crippen LogP contribution >= 0.6 is 15.9 Å². The molecule has 5 heteroatoms. The fraction of sp³-hybridized carbons (Fsp3) is 0.273. The van der Waals surface area contributed by atoms with Gasteiger partial charge in [-0.1, -0.05) is 46.3 Å². The average molecular weight is 426 g/mol. The minimum Gasteiger partial charge on any atom is -0.496 e. The van der Waals surface area contributed by atoms with Gasteiger partial charge in [0, 0.05) is 40.1 Å². The van der Waals surface area contributed by atoms with Crippen LogP contribution < -0.4 is 10.1 Å². The molecule has 0 saturated heterocycles. The number of ether oxygens (including phenoxy) is 1. The highest BCUT2D eigenvalue weighted by molar-refractivity contribution is 9.10. The molecule has 0 bridgehead atoms. The van der Waals surface area contributed by atoms with Gasteiger partial charge in [0.25, 0.3) is 0 Å². The monoisotopic (exact) mass is 425 g/mol. The van der Waals surface area contributed by atoms with Gasteiger partial charge in [-0.15, -0.1) is 0 Å². The zero-order valence-corrected chi connectivity index (χ0v) is 16.6. The van der Waals surface area contributed by atoms with Crippen molar-refractivity contribution in [1.82, 2.24) is 5.32 Å². The Labute approximate surface area is 166 Å². The van der Waals surface area contributed by atoms with Crippen LogP contribution in [-0.4, -0.2) is 18.8 Å². The van der Waals surface area contributed by atoms with Gasteiger partial charge in [-0.2, -0.15) is 0 Å². The molecule has 2 aliphatic rings. The largest absolute Gasteiger partial charge is 0.496 e. The first-order valence-electron chi connectivity index (χ1n) is 9.01. The average Bonchev–Trinajstić information content (AvgIpc) is 2.67. The van der Waals surface area contributed by atoms with Crippen LogP contribution in [-0.2, 0) is 9.59 Å². The number of carbonyl (C=O) groups excluding carboxylic acids is 2. The van der Waals surface area contributed by atoms with E-state index in [0.29, 0.717) is 18.6 Å². The van der Waals surface area contributed by atoms with Crippen LogP contribution in [0.3, 0.4) is 0 Å². The number of Topliss-reactive ketones (excluding diaryl/α,β-unsaturated/α-hetero) is 1. The Morgan fingerprint density at radius 3 is 2.56 bits per heavy atom. The first-order valence-corrected chi connectivity index (χ1v) is 9.80. The number of rotatable bonds is 3. The van der Waals surface area contributed by atoms with E-state index < -0.39 is 0 Å². The van der Waals surface area contributed by atoms with Crippen molar-refractivity contribution in [2.45, 2.75) is 31.1 Å². The van der Waals surface area contributed by atoms with Gasteiger partial charge in [-0.05, 0) is 36.1 Å². The zero-order chi connectivity index (χ0) is 19.0. The van der Waals surface area contributed by atoms with Crippen LogP contribution in [0, 0.1) is 0 Å². The second-order valence-electron chi connectivity index (χ2n) is 7.02. The summed E-state index contributed by atoms with van der Waals surface area (Å²) in [4.78, 5) is 25.6. The Bertz CT molecular complexity index is 936. The lowest BCUT2D eigenvalue weighted by Gasteiger charge is -2.35. The molecule has 0 saturated carbocycles. The van der Waals surface area contributed by atoms with Crippen molar-refractivity contribution < 1.29 is 14.3 Å². The molecular formula is C22H20BrNO3. The van der Waals surface area contributed by atoms with Gasteiger partial charge in [-0.25, -0.2) is 0 Å². The number of allylic oxidation sites excluding steroid dienone is 2. The number of hydrogen-bond acceptors (Lipinski definition) is 3. The first-order chi connectivity index (χ1) is 13.1. The van der Waals surface area contributed by atoms with Crippen molar-refractivity contribution in [3.05, 3.63) is 75.4 Å². The van der Waals surface area contributed by atoms with Crippen molar-refractivity contribution in [3.8, 4) is 5.75 Å². The third-order valence-corrected chi connectivity index (χ3v) is 5.87. The maximum absolute atomic E-state index is 13.1. The molecule has 4 rings (SSSR count). The molecule has 138 valence electrons. The summed E-state index contributed by atoms with van der Waals surface area (Å²) in [6.07, 6.45) is 1.39. The first kappa shape index (κ1) is 18.0. The molecule has 0 spiro atoms. The van der Waals surface area contributed by atoms with E-state index in [9.17, 15) is 9.59 Å². The van der Waals surface area contributed by atoms with E-state index in [-0.39, 0.29) is 29.9 Å². The standard InChI is InChI=1S/C22H20BrNO3/c1-27-20-8-7-15(23)11-16(20)17-12-21(26)24-18-9-14(10-19(25)22(17)18)13-5-3-2-4-6-13/h2-8,11,14,17H,9-10,12H2,1H3,(H,24,26). The van der Waals surface area contributed by atoms with E-state index in [0.717, 1.165) is 26.9 Å². The maximum atomic E-state index is 13.1. The number of benzene rings is 2. The van der Waals surface area contributed by atoms with Crippen LogP contribution in [0.4, 0.5) is 0 Å². The van der Waals surface area contributed by atoms with E-state index >= 15 is 0 Å². The fourth-order valence-electron chi connectivity index (χ4n) is 4.16. The Balaban J connectivity index is 1.77. The third-order valence-electron chi connectivity index (χ3n) is 5.37. The van der Waals surface area contributed by atoms with E-state index in [1.165, 1.54) is 0 Å². The predicted octanol–water partition coefficient (Wildman–Crippen LogP) is 4.46. The highest BCUT2D eigenvalue weighted by Gasteiger charge is 2.39. The molecule has 1 heterocycles. The van der Waals surface area contributed by atoms with Crippen LogP contribution in [0.15, 0.2) is 64.3 Å². The fourth-order valence-corrected chi connectivity index (χ4v) is 4.54. The molecule has 0 aromatic heterocycles. The Hall–Kier alpha value is -2.40. The second kappa shape index (κ2) is 7.31. The molecule has 2 atom stereocenters. The van der Waals surface area contributed by atoms with Crippen molar-refractivity contribution in [2.24, 2.45) is 0 Å². The summed E-state index contributed by atoms with van der Waals surface area (Å²) >= 11 is 3.49. The number of carbonyl (C=O) groups is 2. The minimum atomic E-state index is -0.273. The summed E-state index contributed by atoms with van der Waals surface area (Å²) in [5.41, 5.74) is 3.51. The van der Waals surface area contributed by atoms with E-state index in [4.69, 9.17) is 4.74 Å². The number of hydrogen-bond donors (Lipinski definition) is 1. The SMILES string of the molecule is COc1ccc(Br)cc1C1CC(=O)NC2=C1C(=O)CC(c1ccccc1)C2. The highest BCUT2D eigenvalue weighted by Crippen LogP contribution is 2.45. The molecule has 1 aliphatic heterocycles. The van der Waals surface area contributed by atoms with Gasteiger partial charge in [-0.3, -0.25) is 9.59 Å².